The third-order valence-electron chi connectivity index (χ3n) is 7.11. The number of anilines is 1. The first-order valence-corrected chi connectivity index (χ1v) is 11.7. The predicted octanol–water partition coefficient (Wildman–Crippen LogP) is 6.48. The number of methoxy groups -OCH3 is 1. The van der Waals surface area contributed by atoms with Gasteiger partial charge in [0, 0.05) is 6.20 Å². The number of nitrogens with zero attached hydrogens (tertiary/aromatic N) is 2. The Morgan fingerprint density at radius 3 is 2.30 bits per heavy atom. The maximum atomic E-state index is 6.46. The Hall–Kier alpha value is -2.07. The summed E-state index contributed by atoms with van der Waals surface area (Å²) in [4.78, 5) is 10.9. The van der Waals surface area contributed by atoms with Gasteiger partial charge in [-0.2, -0.15) is 0 Å². The maximum absolute atomic E-state index is 6.46. The highest BCUT2D eigenvalue weighted by Gasteiger charge is 2.32. The number of ether oxygens (including phenoxy) is 1. The Balaban J connectivity index is 1.49. The molecule has 2 aromatic rings. The topological polar surface area (TPSA) is 34.6 Å². The predicted molar refractivity (Wildman–Crippen MR) is 122 cm³/mol. The summed E-state index contributed by atoms with van der Waals surface area (Å²) in [6.45, 7) is 2.56. The van der Waals surface area contributed by atoms with Crippen molar-refractivity contribution < 1.29 is 9.57 Å². The fourth-order valence-corrected chi connectivity index (χ4v) is 5.47. The molecular weight excluding hydrogens is 372 g/mol. The first-order valence-electron chi connectivity index (χ1n) is 11.7. The molecule has 0 bridgehead atoms. The van der Waals surface area contributed by atoms with Crippen LogP contribution in [-0.2, 0) is 11.4 Å². The van der Waals surface area contributed by atoms with Gasteiger partial charge in [-0.05, 0) is 56.1 Å². The molecule has 2 aliphatic rings. The minimum absolute atomic E-state index is 0.379. The van der Waals surface area contributed by atoms with Crippen molar-refractivity contribution in [2.45, 2.75) is 77.4 Å². The quantitative estimate of drug-likeness (QED) is 0.491. The Morgan fingerprint density at radius 1 is 0.900 bits per heavy atom. The summed E-state index contributed by atoms with van der Waals surface area (Å²) >= 11 is 0. The molecule has 1 aromatic heterocycles. The Morgan fingerprint density at radius 2 is 1.60 bits per heavy atom. The summed E-state index contributed by atoms with van der Waals surface area (Å²) in [5, 5.41) is 2.14. The standard InChI is InChI=1S/C26H36N2O2/c1-20-26(29-2)25(17-18-27-20)28(30-19-21-9-5-3-6-10-21)24-15-13-23(14-16-24)22-11-7-4-8-12-22/h3,5-6,9-10,17-18,22-24H,4,7-8,11-16,19H2,1-2H3. The molecule has 2 saturated carbocycles. The van der Waals surface area contributed by atoms with E-state index in [4.69, 9.17) is 9.57 Å². The van der Waals surface area contributed by atoms with Crippen LogP contribution in [0.3, 0.4) is 0 Å². The van der Waals surface area contributed by atoms with Crippen LogP contribution < -0.4 is 9.80 Å². The van der Waals surface area contributed by atoms with Gasteiger partial charge in [0.2, 0.25) is 0 Å². The van der Waals surface area contributed by atoms with Gasteiger partial charge < -0.3 is 4.74 Å². The summed E-state index contributed by atoms with van der Waals surface area (Å²) in [6, 6.07) is 12.8. The number of rotatable bonds is 7. The molecule has 1 heterocycles. The first-order chi connectivity index (χ1) is 14.8. The summed E-state index contributed by atoms with van der Waals surface area (Å²) in [5.41, 5.74) is 3.09. The van der Waals surface area contributed by atoms with Crippen LogP contribution in [0.5, 0.6) is 5.75 Å². The van der Waals surface area contributed by atoms with Gasteiger partial charge in [0.15, 0.2) is 5.75 Å². The SMILES string of the molecule is COc1c(N(OCc2ccccc2)C2CCC(C3CCCCC3)CC2)ccnc1C. The van der Waals surface area contributed by atoms with Crippen LogP contribution in [0.4, 0.5) is 5.69 Å². The summed E-state index contributed by atoms with van der Waals surface area (Å²) in [6.07, 6.45) is 14.0. The van der Waals surface area contributed by atoms with Crippen LogP contribution in [0.1, 0.15) is 69.0 Å². The number of pyridine rings is 1. The molecule has 1 aromatic carbocycles. The van der Waals surface area contributed by atoms with Crippen molar-refractivity contribution in [2.75, 3.05) is 12.2 Å². The van der Waals surface area contributed by atoms with Crippen molar-refractivity contribution in [3.8, 4) is 5.75 Å². The summed E-state index contributed by atoms with van der Waals surface area (Å²) in [7, 11) is 1.73. The van der Waals surface area contributed by atoms with Gasteiger partial charge in [-0.15, -0.1) is 0 Å². The van der Waals surface area contributed by atoms with Gasteiger partial charge in [0.05, 0.1) is 25.5 Å². The minimum Gasteiger partial charge on any atom is -0.493 e. The molecule has 4 heteroatoms. The van der Waals surface area contributed by atoms with E-state index in [2.05, 4.69) is 34.3 Å². The smallest absolute Gasteiger partial charge is 0.165 e. The molecule has 2 aliphatic carbocycles. The molecule has 162 valence electrons. The number of aromatic nitrogens is 1. The summed E-state index contributed by atoms with van der Waals surface area (Å²) in [5.74, 6) is 2.68. The fraction of sp³-hybridized carbons (Fsp3) is 0.577. The number of hydrogen-bond donors (Lipinski definition) is 0. The normalized spacial score (nSPS) is 22.6. The van der Waals surface area contributed by atoms with Gasteiger partial charge in [-0.25, -0.2) is 5.06 Å². The monoisotopic (exact) mass is 408 g/mol. The van der Waals surface area contributed by atoms with Crippen molar-refractivity contribution in [2.24, 2.45) is 11.8 Å². The molecule has 4 nitrogen and oxygen atoms in total. The zero-order valence-electron chi connectivity index (χ0n) is 18.6. The van der Waals surface area contributed by atoms with Gasteiger partial charge in [-0.3, -0.25) is 9.82 Å². The molecule has 4 rings (SSSR count). The zero-order chi connectivity index (χ0) is 20.8. The molecular formula is C26H36N2O2. The molecule has 0 saturated heterocycles. The average molecular weight is 409 g/mol. The third kappa shape index (κ3) is 4.97. The van der Waals surface area contributed by atoms with Crippen LogP contribution in [0.2, 0.25) is 0 Å². The average Bonchev–Trinajstić information content (AvgIpc) is 2.81. The lowest BCUT2D eigenvalue weighted by Crippen LogP contribution is -2.39. The summed E-state index contributed by atoms with van der Waals surface area (Å²) < 4.78 is 5.73. The van der Waals surface area contributed by atoms with E-state index in [1.165, 1.54) is 63.4 Å². The Labute approximate surface area is 181 Å². The zero-order valence-corrected chi connectivity index (χ0v) is 18.6. The van der Waals surface area contributed by atoms with Gasteiger partial charge in [-0.1, -0.05) is 62.4 Å². The fourth-order valence-electron chi connectivity index (χ4n) is 5.47. The van der Waals surface area contributed by atoms with E-state index in [0.29, 0.717) is 12.6 Å². The maximum Gasteiger partial charge on any atom is 0.165 e. The van der Waals surface area contributed by atoms with E-state index < -0.39 is 0 Å². The van der Waals surface area contributed by atoms with Crippen molar-refractivity contribution >= 4 is 5.69 Å². The lowest BCUT2D eigenvalue weighted by molar-refractivity contribution is 0.0525. The van der Waals surface area contributed by atoms with E-state index in [0.717, 1.165) is 29.0 Å². The van der Waals surface area contributed by atoms with Crippen molar-refractivity contribution in [1.82, 2.24) is 4.98 Å². The molecule has 0 spiro atoms. The lowest BCUT2D eigenvalue weighted by Gasteiger charge is -2.40. The highest BCUT2D eigenvalue weighted by molar-refractivity contribution is 5.58. The second-order valence-electron chi connectivity index (χ2n) is 9.00. The third-order valence-corrected chi connectivity index (χ3v) is 7.11. The van der Waals surface area contributed by atoms with E-state index in [9.17, 15) is 0 Å². The van der Waals surface area contributed by atoms with E-state index in [1.807, 2.05) is 25.3 Å². The molecule has 0 radical (unpaired) electrons. The number of benzene rings is 1. The van der Waals surface area contributed by atoms with Crippen molar-refractivity contribution in [3.05, 3.63) is 53.9 Å². The second-order valence-corrected chi connectivity index (χ2v) is 9.00. The Kier molecular flexibility index (Phi) is 7.27. The van der Waals surface area contributed by atoms with E-state index >= 15 is 0 Å². The van der Waals surface area contributed by atoms with Crippen molar-refractivity contribution in [3.63, 3.8) is 0 Å². The molecule has 0 unspecified atom stereocenters. The number of aryl methyl sites for hydroxylation is 1. The van der Waals surface area contributed by atoms with Gasteiger partial charge >= 0.3 is 0 Å². The first kappa shape index (κ1) is 21.2. The van der Waals surface area contributed by atoms with Crippen LogP contribution in [-0.4, -0.2) is 18.1 Å². The molecule has 0 N–H and O–H groups in total. The molecule has 0 atom stereocenters. The van der Waals surface area contributed by atoms with E-state index in [-0.39, 0.29) is 0 Å². The number of hydrogen-bond acceptors (Lipinski definition) is 4. The molecule has 30 heavy (non-hydrogen) atoms. The minimum atomic E-state index is 0.379. The molecule has 2 fully saturated rings. The van der Waals surface area contributed by atoms with Crippen LogP contribution in [0, 0.1) is 18.8 Å². The highest BCUT2D eigenvalue weighted by Crippen LogP contribution is 2.41. The second kappa shape index (κ2) is 10.3. The van der Waals surface area contributed by atoms with Crippen LogP contribution in [0.25, 0.3) is 0 Å². The van der Waals surface area contributed by atoms with Crippen molar-refractivity contribution in [1.29, 1.82) is 0 Å². The number of hydroxylamine groups is 1. The highest BCUT2D eigenvalue weighted by atomic mass is 16.7. The lowest BCUT2D eigenvalue weighted by atomic mass is 9.72. The van der Waals surface area contributed by atoms with Crippen LogP contribution >= 0.6 is 0 Å². The van der Waals surface area contributed by atoms with Gasteiger partial charge in [0.1, 0.15) is 5.69 Å². The Bertz CT molecular complexity index is 781. The molecule has 0 aliphatic heterocycles. The van der Waals surface area contributed by atoms with Gasteiger partial charge in [0.25, 0.3) is 0 Å². The van der Waals surface area contributed by atoms with E-state index in [1.54, 1.807) is 7.11 Å². The largest absolute Gasteiger partial charge is 0.493 e. The van der Waals surface area contributed by atoms with Crippen LogP contribution in [0.15, 0.2) is 42.6 Å². The molecule has 0 amide bonds.